The molecule has 0 saturated carbocycles. The number of piperidine rings is 1. The second kappa shape index (κ2) is 8.50. The number of thiophene rings is 1. The van der Waals surface area contributed by atoms with Gasteiger partial charge in [-0.05, 0) is 36.4 Å². The highest BCUT2D eigenvalue weighted by Crippen LogP contribution is 2.30. The summed E-state index contributed by atoms with van der Waals surface area (Å²) in [5, 5.41) is 6.24. The Kier molecular flexibility index (Phi) is 5.96. The van der Waals surface area contributed by atoms with Crippen molar-refractivity contribution in [2.24, 2.45) is 5.92 Å². The first-order valence-corrected chi connectivity index (χ1v) is 12.3. The first kappa shape index (κ1) is 21.0. The number of halogens is 2. The van der Waals surface area contributed by atoms with E-state index in [0.717, 1.165) is 34.8 Å². The molecule has 158 valence electrons. The van der Waals surface area contributed by atoms with Crippen LogP contribution in [0.15, 0.2) is 45.3 Å². The van der Waals surface area contributed by atoms with Crippen molar-refractivity contribution in [2.75, 3.05) is 18.4 Å². The van der Waals surface area contributed by atoms with Gasteiger partial charge in [0.2, 0.25) is 5.91 Å². The molecule has 1 fully saturated rings. The third-order valence-electron chi connectivity index (χ3n) is 4.79. The van der Waals surface area contributed by atoms with Crippen molar-refractivity contribution in [1.29, 1.82) is 0 Å². The van der Waals surface area contributed by atoms with Crippen LogP contribution in [0.5, 0.6) is 0 Å². The van der Waals surface area contributed by atoms with E-state index in [4.69, 9.17) is 0 Å². The van der Waals surface area contributed by atoms with Gasteiger partial charge in [-0.25, -0.2) is 22.2 Å². The summed E-state index contributed by atoms with van der Waals surface area (Å²) in [6.07, 6.45) is 1.14. The number of thiazole rings is 1. The number of carbonyl (C=O) groups is 1. The van der Waals surface area contributed by atoms with E-state index in [-0.39, 0.29) is 27.4 Å². The van der Waals surface area contributed by atoms with Crippen molar-refractivity contribution in [3.05, 3.63) is 52.7 Å². The SMILES string of the molecule is O=C(Nc1nc(-c2ccc(F)cc2F)cs1)C1CCCN(S(=O)(=O)c2cccs2)C1. The summed E-state index contributed by atoms with van der Waals surface area (Å²) in [4.78, 5) is 16.9. The van der Waals surface area contributed by atoms with Crippen LogP contribution in [-0.4, -0.2) is 36.7 Å². The lowest BCUT2D eigenvalue weighted by atomic mass is 9.99. The van der Waals surface area contributed by atoms with Crippen molar-refractivity contribution in [2.45, 2.75) is 17.1 Å². The quantitative estimate of drug-likeness (QED) is 0.608. The van der Waals surface area contributed by atoms with Gasteiger partial charge in [0, 0.05) is 30.1 Å². The number of nitrogens with zero attached hydrogens (tertiary/aromatic N) is 2. The fourth-order valence-electron chi connectivity index (χ4n) is 3.27. The molecule has 11 heteroatoms. The molecule has 1 amide bonds. The summed E-state index contributed by atoms with van der Waals surface area (Å²) in [6, 6.07) is 6.43. The molecule has 6 nitrogen and oxygen atoms in total. The van der Waals surface area contributed by atoms with Gasteiger partial charge >= 0.3 is 0 Å². The lowest BCUT2D eigenvalue weighted by Crippen LogP contribution is -2.43. The molecule has 1 aromatic carbocycles. The molecule has 4 rings (SSSR count). The van der Waals surface area contributed by atoms with Crippen molar-refractivity contribution < 1.29 is 22.0 Å². The molecule has 1 unspecified atom stereocenters. The zero-order valence-corrected chi connectivity index (χ0v) is 18.0. The molecule has 2 aromatic heterocycles. The van der Waals surface area contributed by atoms with E-state index < -0.39 is 27.6 Å². The van der Waals surface area contributed by atoms with E-state index in [1.807, 2.05) is 0 Å². The molecule has 1 atom stereocenters. The molecule has 1 aliphatic heterocycles. The Morgan fingerprint density at radius 1 is 1.23 bits per heavy atom. The maximum atomic E-state index is 13.9. The highest BCUT2D eigenvalue weighted by Gasteiger charge is 2.34. The van der Waals surface area contributed by atoms with E-state index in [0.29, 0.717) is 25.1 Å². The summed E-state index contributed by atoms with van der Waals surface area (Å²) in [6.45, 7) is 0.464. The fraction of sp³-hybridized carbons (Fsp3) is 0.263. The molecular weight excluding hydrogens is 452 g/mol. The van der Waals surface area contributed by atoms with E-state index in [9.17, 15) is 22.0 Å². The van der Waals surface area contributed by atoms with Crippen LogP contribution in [0, 0.1) is 17.6 Å². The molecule has 0 spiro atoms. The topological polar surface area (TPSA) is 79.4 Å². The minimum atomic E-state index is -3.61. The summed E-state index contributed by atoms with van der Waals surface area (Å²) in [5.74, 6) is -2.26. The molecule has 3 aromatic rings. The van der Waals surface area contributed by atoms with Gasteiger partial charge in [-0.3, -0.25) is 4.79 Å². The lowest BCUT2D eigenvalue weighted by molar-refractivity contribution is -0.120. The smallest absolute Gasteiger partial charge is 0.252 e. The number of rotatable bonds is 5. The van der Waals surface area contributed by atoms with Gasteiger partial charge < -0.3 is 5.32 Å². The Labute approximate surface area is 180 Å². The van der Waals surface area contributed by atoms with Crippen LogP contribution in [0.3, 0.4) is 0 Å². The van der Waals surface area contributed by atoms with Crippen LogP contribution in [-0.2, 0) is 14.8 Å². The monoisotopic (exact) mass is 469 g/mol. The van der Waals surface area contributed by atoms with E-state index in [2.05, 4.69) is 10.3 Å². The number of benzene rings is 1. The minimum absolute atomic E-state index is 0.0941. The summed E-state index contributed by atoms with van der Waals surface area (Å²) in [5.41, 5.74) is 0.428. The van der Waals surface area contributed by atoms with Gasteiger partial charge in [-0.15, -0.1) is 22.7 Å². The van der Waals surface area contributed by atoms with Crippen molar-refractivity contribution in [3.63, 3.8) is 0 Å². The van der Waals surface area contributed by atoms with Gasteiger partial charge in [0.05, 0.1) is 11.6 Å². The molecule has 1 aliphatic rings. The molecule has 0 bridgehead atoms. The number of amides is 1. The number of hydrogen-bond donors (Lipinski definition) is 1. The average molecular weight is 470 g/mol. The van der Waals surface area contributed by atoms with Crippen molar-refractivity contribution in [3.8, 4) is 11.3 Å². The second-order valence-electron chi connectivity index (χ2n) is 6.79. The highest BCUT2D eigenvalue weighted by atomic mass is 32.2. The summed E-state index contributed by atoms with van der Waals surface area (Å²) < 4.78 is 54.1. The number of hydrogen-bond acceptors (Lipinski definition) is 6. The maximum absolute atomic E-state index is 13.9. The maximum Gasteiger partial charge on any atom is 0.252 e. The molecule has 30 heavy (non-hydrogen) atoms. The average Bonchev–Trinajstić information content (AvgIpc) is 3.41. The van der Waals surface area contributed by atoms with Gasteiger partial charge in [0.25, 0.3) is 10.0 Å². The number of nitrogens with one attached hydrogen (secondary N) is 1. The predicted octanol–water partition coefficient (Wildman–Crippen LogP) is 4.19. The molecule has 1 saturated heterocycles. The van der Waals surface area contributed by atoms with Gasteiger partial charge in [-0.2, -0.15) is 4.31 Å². The van der Waals surface area contributed by atoms with Crippen LogP contribution in [0.2, 0.25) is 0 Å². The molecule has 0 aliphatic carbocycles. The third-order valence-corrected chi connectivity index (χ3v) is 8.78. The van der Waals surface area contributed by atoms with Gasteiger partial charge in [-0.1, -0.05) is 6.07 Å². The number of carbonyl (C=O) groups excluding carboxylic acids is 1. The first-order valence-electron chi connectivity index (χ1n) is 9.10. The zero-order chi connectivity index (χ0) is 21.3. The molecular formula is C19H17F2N3O3S3. The van der Waals surface area contributed by atoms with E-state index >= 15 is 0 Å². The molecule has 0 radical (unpaired) electrons. The Morgan fingerprint density at radius 3 is 2.80 bits per heavy atom. The second-order valence-corrected chi connectivity index (χ2v) is 10.8. The van der Waals surface area contributed by atoms with E-state index in [1.165, 1.54) is 10.4 Å². The van der Waals surface area contributed by atoms with Crippen LogP contribution in [0.25, 0.3) is 11.3 Å². The first-order chi connectivity index (χ1) is 14.3. The van der Waals surface area contributed by atoms with Crippen LogP contribution >= 0.6 is 22.7 Å². The fourth-order valence-corrected chi connectivity index (χ4v) is 6.65. The number of aromatic nitrogens is 1. The predicted molar refractivity (Wildman–Crippen MR) is 112 cm³/mol. The lowest BCUT2D eigenvalue weighted by Gasteiger charge is -2.30. The molecule has 1 N–H and O–H groups in total. The number of sulfonamides is 1. The summed E-state index contributed by atoms with van der Waals surface area (Å²) in [7, 11) is -3.61. The van der Waals surface area contributed by atoms with Crippen LogP contribution < -0.4 is 5.32 Å². The standard InChI is InChI=1S/C19H17F2N3O3S3/c20-13-5-6-14(15(21)9-13)16-11-29-19(22-16)23-18(25)12-3-1-7-24(10-12)30(26,27)17-4-2-8-28-17/h2,4-6,8-9,11-12H,1,3,7,10H2,(H,22,23,25). The Hall–Kier alpha value is -2.21. The highest BCUT2D eigenvalue weighted by molar-refractivity contribution is 7.91. The van der Waals surface area contributed by atoms with Gasteiger partial charge in [0.15, 0.2) is 5.13 Å². The van der Waals surface area contributed by atoms with E-state index in [1.54, 1.807) is 22.9 Å². The van der Waals surface area contributed by atoms with Crippen molar-refractivity contribution in [1.82, 2.24) is 9.29 Å². The Morgan fingerprint density at radius 2 is 2.07 bits per heavy atom. The van der Waals surface area contributed by atoms with Crippen LogP contribution in [0.1, 0.15) is 12.8 Å². The third kappa shape index (κ3) is 4.29. The van der Waals surface area contributed by atoms with Gasteiger partial charge in [0.1, 0.15) is 15.8 Å². The zero-order valence-electron chi connectivity index (χ0n) is 15.5. The normalized spacial score (nSPS) is 17.7. The van der Waals surface area contributed by atoms with Crippen LogP contribution in [0.4, 0.5) is 13.9 Å². The largest absolute Gasteiger partial charge is 0.302 e. The minimum Gasteiger partial charge on any atom is -0.302 e. The number of anilines is 1. The Balaban J connectivity index is 1.45. The summed E-state index contributed by atoms with van der Waals surface area (Å²) >= 11 is 2.27. The molecule has 3 heterocycles. The Bertz CT molecular complexity index is 1160. The van der Waals surface area contributed by atoms with Crippen molar-refractivity contribution >= 4 is 43.7 Å².